The summed E-state index contributed by atoms with van der Waals surface area (Å²) in [5, 5.41) is 15.5. The highest BCUT2D eigenvalue weighted by molar-refractivity contribution is 5.98. The van der Waals surface area contributed by atoms with Crippen molar-refractivity contribution in [3.8, 4) is 0 Å². The van der Waals surface area contributed by atoms with Gasteiger partial charge in [-0.25, -0.2) is 4.79 Å². The number of fused-ring (bicyclic) bond motifs is 1. The van der Waals surface area contributed by atoms with E-state index >= 15 is 0 Å². The van der Waals surface area contributed by atoms with Gasteiger partial charge in [-0.2, -0.15) is 0 Å². The van der Waals surface area contributed by atoms with E-state index in [9.17, 15) is 24.3 Å². The third-order valence-corrected chi connectivity index (χ3v) is 6.69. The first-order valence-electron chi connectivity index (χ1n) is 12.6. The quantitative estimate of drug-likeness (QED) is 0.340. The molecule has 38 heavy (non-hydrogen) atoms. The molecule has 0 bridgehead atoms. The van der Waals surface area contributed by atoms with Gasteiger partial charge in [-0.05, 0) is 35.2 Å². The number of nitrogens with one attached hydrogen (secondary N) is 2. The number of ketones is 1. The molecule has 8 nitrogen and oxygen atoms in total. The summed E-state index contributed by atoms with van der Waals surface area (Å²) in [5.41, 5.74) is 3.27. The summed E-state index contributed by atoms with van der Waals surface area (Å²) in [5.74, 6) is -1.86. The normalized spacial score (nSPS) is 15.3. The minimum absolute atomic E-state index is 0.0844. The SMILES string of the molecule is O=C(NC(Cc1ccccc1)C(=O)CCNCC(=O)N1Cc2ccccc2CC1C(=O)O)c1ccccc1. The Labute approximate surface area is 221 Å². The molecule has 8 heteroatoms. The number of carbonyl (C=O) groups is 4. The maximum absolute atomic E-state index is 13.1. The van der Waals surface area contributed by atoms with Gasteiger partial charge in [0.05, 0.1) is 12.6 Å². The third kappa shape index (κ3) is 6.92. The second kappa shape index (κ2) is 12.8. The van der Waals surface area contributed by atoms with E-state index in [0.717, 1.165) is 16.7 Å². The zero-order chi connectivity index (χ0) is 26.9. The molecule has 2 unspecified atom stereocenters. The van der Waals surface area contributed by atoms with Crippen LogP contribution >= 0.6 is 0 Å². The monoisotopic (exact) mass is 513 g/mol. The lowest BCUT2D eigenvalue weighted by atomic mass is 9.94. The summed E-state index contributed by atoms with van der Waals surface area (Å²) in [4.78, 5) is 51.9. The van der Waals surface area contributed by atoms with Gasteiger partial charge in [-0.15, -0.1) is 0 Å². The number of amides is 2. The Morgan fingerprint density at radius 3 is 2.18 bits per heavy atom. The number of nitrogens with zero attached hydrogens (tertiary/aromatic N) is 1. The van der Waals surface area contributed by atoms with E-state index in [1.807, 2.05) is 60.7 Å². The average molecular weight is 514 g/mol. The van der Waals surface area contributed by atoms with Crippen LogP contribution in [0.3, 0.4) is 0 Å². The Hall–Kier alpha value is -4.30. The van der Waals surface area contributed by atoms with Crippen LogP contribution in [-0.2, 0) is 33.8 Å². The van der Waals surface area contributed by atoms with Gasteiger partial charge in [0.2, 0.25) is 5.91 Å². The molecule has 0 fully saturated rings. The van der Waals surface area contributed by atoms with Crippen LogP contribution in [-0.4, -0.2) is 58.7 Å². The average Bonchev–Trinajstić information content (AvgIpc) is 2.95. The van der Waals surface area contributed by atoms with Crippen LogP contribution in [0.2, 0.25) is 0 Å². The zero-order valence-electron chi connectivity index (χ0n) is 21.0. The van der Waals surface area contributed by atoms with E-state index in [2.05, 4.69) is 10.6 Å². The summed E-state index contributed by atoms with van der Waals surface area (Å²) < 4.78 is 0. The van der Waals surface area contributed by atoms with Crippen molar-refractivity contribution in [1.29, 1.82) is 0 Å². The molecule has 0 aliphatic carbocycles. The van der Waals surface area contributed by atoms with Crippen LogP contribution in [0.25, 0.3) is 0 Å². The molecule has 3 N–H and O–H groups in total. The summed E-state index contributed by atoms with van der Waals surface area (Å²) in [6.45, 7) is 0.370. The van der Waals surface area contributed by atoms with Gasteiger partial charge in [-0.1, -0.05) is 72.8 Å². The van der Waals surface area contributed by atoms with E-state index in [1.165, 1.54) is 4.90 Å². The first kappa shape index (κ1) is 26.8. The molecule has 2 atom stereocenters. The molecular weight excluding hydrogens is 482 g/mol. The summed E-state index contributed by atoms with van der Waals surface area (Å²) in [6, 6.07) is 24.1. The first-order chi connectivity index (χ1) is 18.4. The lowest BCUT2D eigenvalue weighted by molar-refractivity contribution is -0.151. The van der Waals surface area contributed by atoms with Crippen LogP contribution in [0.1, 0.15) is 33.5 Å². The van der Waals surface area contributed by atoms with Crippen molar-refractivity contribution in [2.24, 2.45) is 0 Å². The highest BCUT2D eigenvalue weighted by Crippen LogP contribution is 2.23. The van der Waals surface area contributed by atoms with E-state index in [4.69, 9.17) is 0 Å². The molecule has 3 aromatic rings. The van der Waals surface area contributed by atoms with Gasteiger partial charge in [0.25, 0.3) is 5.91 Å². The van der Waals surface area contributed by atoms with Gasteiger partial charge in [-0.3, -0.25) is 14.4 Å². The standard InChI is InChI=1S/C30H31N3O5/c34-27(25(17-21-9-3-1-4-10-21)32-29(36)22-11-5-2-6-12-22)15-16-31-19-28(35)33-20-24-14-8-7-13-23(24)18-26(33)30(37)38/h1-14,25-26,31H,15-20H2,(H,32,36)(H,37,38). The van der Waals surface area contributed by atoms with Crippen molar-refractivity contribution < 1.29 is 24.3 Å². The van der Waals surface area contributed by atoms with Crippen molar-refractivity contribution >= 4 is 23.6 Å². The Balaban J connectivity index is 1.33. The fourth-order valence-corrected chi connectivity index (χ4v) is 4.61. The van der Waals surface area contributed by atoms with Crippen LogP contribution in [0.15, 0.2) is 84.9 Å². The van der Waals surface area contributed by atoms with Crippen molar-refractivity contribution in [2.75, 3.05) is 13.1 Å². The van der Waals surface area contributed by atoms with E-state index in [0.29, 0.717) is 12.0 Å². The minimum atomic E-state index is -1.04. The molecule has 0 spiro atoms. The summed E-state index contributed by atoms with van der Waals surface area (Å²) in [6.07, 6.45) is 0.716. The highest BCUT2D eigenvalue weighted by atomic mass is 16.4. The number of carboxylic acid groups (broad SMARTS) is 1. The van der Waals surface area contributed by atoms with Crippen LogP contribution in [0.4, 0.5) is 0 Å². The van der Waals surface area contributed by atoms with Crippen LogP contribution in [0, 0.1) is 0 Å². The Morgan fingerprint density at radius 2 is 1.50 bits per heavy atom. The molecule has 196 valence electrons. The van der Waals surface area contributed by atoms with E-state index in [-0.39, 0.29) is 50.1 Å². The predicted octanol–water partition coefficient (Wildman–Crippen LogP) is 2.61. The topological polar surface area (TPSA) is 116 Å². The second-order valence-corrected chi connectivity index (χ2v) is 9.32. The lowest BCUT2D eigenvalue weighted by Crippen LogP contribution is -2.51. The van der Waals surface area contributed by atoms with E-state index < -0.39 is 18.1 Å². The predicted molar refractivity (Wildman–Crippen MR) is 142 cm³/mol. The molecule has 1 aliphatic rings. The van der Waals surface area contributed by atoms with Crippen molar-refractivity contribution in [3.63, 3.8) is 0 Å². The highest BCUT2D eigenvalue weighted by Gasteiger charge is 2.34. The van der Waals surface area contributed by atoms with Crippen molar-refractivity contribution in [2.45, 2.75) is 37.9 Å². The maximum Gasteiger partial charge on any atom is 0.326 e. The van der Waals surface area contributed by atoms with Crippen LogP contribution < -0.4 is 10.6 Å². The van der Waals surface area contributed by atoms with Crippen LogP contribution in [0.5, 0.6) is 0 Å². The number of hydrogen-bond donors (Lipinski definition) is 3. The third-order valence-electron chi connectivity index (χ3n) is 6.69. The molecule has 1 heterocycles. The zero-order valence-corrected chi connectivity index (χ0v) is 21.0. The Bertz CT molecular complexity index is 1280. The number of benzene rings is 3. The number of aliphatic carboxylic acids is 1. The fourth-order valence-electron chi connectivity index (χ4n) is 4.61. The van der Waals surface area contributed by atoms with Gasteiger partial charge >= 0.3 is 5.97 Å². The molecular formula is C30H31N3O5. The molecule has 0 saturated heterocycles. The molecule has 2 amide bonds. The van der Waals surface area contributed by atoms with Gasteiger partial charge in [0.1, 0.15) is 6.04 Å². The van der Waals surface area contributed by atoms with Crippen molar-refractivity contribution in [3.05, 3.63) is 107 Å². The van der Waals surface area contributed by atoms with E-state index in [1.54, 1.807) is 24.3 Å². The molecule has 0 saturated carbocycles. The molecule has 0 aromatic heterocycles. The summed E-state index contributed by atoms with van der Waals surface area (Å²) in [7, 11) is 0. The molecule has 4 rings (SSSR count). The number of carboxylic acids is 1. The first-order valence-corrected chi connectivity index (χ1v) is 12.6. The maximum atomic E-state index is 13.1. The minimum Gasteiger partial charge on any atom is -0.480 e. The Kier molecular flexibility index (Phi) is 9.00. The Morgan fingerprint density at radius 1 is 0.868 bits per heavy atom. The number of carbonyl (C=O) groups excluding carboxylic acids is 3. The van der Waals surface area contributed by atoms with Gasteiger partial charge in [0.15, 0.2) is 5.78 Å². The number of rotatable bonds is 11. The second-order valence-electron chi connectivity index (χ2n) is 9.32. The summed E-state index contributed by atoms with van der Waals surface area (Å²) >= 11 is 0. The fraction of sp³-hybridized carbons (Fsp3) is 0.267. The smallest absolute Gasteiger partial charge is 0.326 e. The van der Waals surface area contributed by atoms with Gasteiger partial charge < -0.3 is 20.6 Å². The lowest BCUT2D eigenvalue weighted by Gasteiger charge is -2.34. The van der Waals surface area contributed by atoms with Gasteiger partial charge in [0, 0.05) is 31.5 Å². The number of hydrogen-bond acceptors (Lipinski definition) is 5. The molecule has 0 radical (unpaired) electrons. The molecule has 3 aromatic carbocycles. The number of Topliss-reactive ketones (excluding diaryl/α,β-unsaturated/α-hetero) is 1. The largest absolute Gasteiger partial charge is 0.480 e. The molecule has 1 aliphatic heterocycles. The van der Waals surface area contributed by atoms with Crippen molar-refractivity contribution in [1.82, 2.24) is 15.5 Å².